The van der Waals surface area contributed by atoms with Gasteiger partial charge in [0.1, 0.15) is 0 Å². The zero-order valence-corrected chi connectivity index (χ0v) is 9.83. The Morgan fingerprint density at radius 3 is 2.69 bits per heavy atom. The van der Waals surface area contributed by atoms with E-state index < -0.39 is 0 Å². The first-order valence-corrected chi connectivity index (χ1v) is 6.48. The number of nitrogens with two attached hydrogens (primary N) is 1. The third-order valence-corrected chi connectivity index (χ3v) is 3.77. The van der Waals surface area contributed by atoms with E-state index in [0.717, 1.165) is 18.0 Å². The van der Waals surface area contributed by atoms with Crippen molar-refractivity contribution in [3.05, 3.63) is 45.9 Å². The van der Waals surface area contributed by atoms with E-state index in [9.17, 15) is 0 Å². The van der Waals surface area contributed by atoms with Crippen LogP contribution >= 0.6 is 11.3 Å². The molecule has 0 radical (unpaired) electrons. The van der Waals surface area contributed by atoms with E-state index in [1.54, 1.807) is 11.3 Å². The van der Waals surface area contributed by atoms with Crippen molar-refractivity contribution in [1.29, 1.82) is 0 Å². The minimum Gasteiger partial charge on any atom is -0.399 e. The van der Waals surface area contributed by atoms with Crippen LogP contribution in [0.2, 0.25) is 0 Å². The number of nitrogen functional groups attached to an aromatic ring is 1. The SMILES string of the molecule is Nc1ccc(Cc2nc(C3CC3)cs2)cc1. The van der Waals surface area contributed by atoms with Crippen molar-refractivity contribution < 1.29 is 0 Å². The number of rotatable bonds is 3. The second kappa shape index (κ2) is 3.91. The molecular weight excluding hydrogens is 216 g/mol. The third-order valence-electron chi connectivity index (χ3n) is 2.90. The van der Waals surface area contributed by atoms with Crippen molar-refractivity contribution in [1.82, 2.24) is 4.98 Å². The van der Waals surface area contributed by atoms with Gasteiger partial charge in [0.05, 0.1) is 10.7 Å². The van der Waals surface area contributed by atoms with Gasteiger partial charge >= 0.3 is 0 Å². The average molecular weight is 230 g/mol. The van der Waals surface area contributed by atoms with Crippen LogP contribution in [0, 0.1) is 0 Å². The topological polar surface area (TPSA) is 38.9 Å². The molecule has 3 heteroatoms. The molecule has 1 aliphatic rings. The van der Waals surface area contributed by atoms with E-state index in [1.807, 2.05) is 12.1 Å². The van der Waals surface area contributed by atoms with Crippen LogP contribution in [0.4, 0.5) is 5.69 Å². The van der Waals surface area contributed by atoms with Gasteiger partial charge in [-0.05, 0) is 30.5 Å². The highest BCUT2D eigenvalue weighted by molar-refractivity contribution is 7.09. The van der Waals surface area contributed by atoms with Gasteiger partial charge in [-0.2, -0.15) is 0 Å². The Hall–Kier alpha value is -1.35. The molecule has 0 unspecified atom stereocenters. The van der Waals surface area contributed by atoms with Crippen LogP contribution < -0.4 is 5.73 Å². The van der Waals surface area contributed by atoms with Gasteiger partial charge in [-0.3, -0.25) is 0 Å². The molecule has 2 aromatic rings. The van der Waals surface area contributed by atoms with Crippen LogP contribution in [0.1, 0.15) is 35.0 Å². The summed E-state index contributed by atoms with van der Waals surface area (Å²) in [6, 6.07) is 8.05. The van der Waals surface area contributed by atoms with Gasteiger partial charge in [0.15, 0.2) is 0 Å². The van der Waals surface area contributed by atoms with E-state index >= 15 is 0 Å². The molecule has 82 valence electrons. The number of thiazole rings is 1. The van der Waals surface area contributed by atoms with Crippen LogP contribution in [-0.2, 0) is 6.42 Å². The lowest BCUT2D eigenvalue weighted by Gasteiger charge is -1.98. The number of aromatic nitrogens is 1. The predicted octanol–water partition coefficient (Wildman–Crippen LogP) is 3.19. The highest BCUT2D eigenvalue weighted by atomic mass is 32.1. The summed E-state index contributed by atoms with van der Waals surface area (Å²) in [6.45, 7) is 0. The minimum absolute atomic E-state index is 0.761. The summed E-state index contributed by atoms with van der Waals surface area (Å²) in [6.07, 6.45) is 3.58. The van der Waals surface area contributed by atoms with Gasteiger partial charge in [-0.1, -0.05) is 12.1 Å². The quantitative estimate of drug-likeness (QED) is 0.822. The molecule has 2 nitrogen and oxygen atoms in total. The average Bonchev–Trinajstić information content (AvgIpc) is 3.04. The lowest BCUT2D eigenvalue weighted by molar-refractivity contribution is 1.01. The molecular formula is C13H14N2S. The first-order valence-electron chi connectivity index (χ1n) is 5.60. The van der Waals surface area contributed by atoms with Crippen molar-refractivity contribution in [3.63, 3.8) is 0 Å². The normalized spacial score (nSPS) is 15.2. The predicted molar refractivity (Wildman–Crippen MR) is 67.7 cm³/mol. The van der Waals surface area contributed by atoms with E-state index in [-0.39, 0.29) is 0 Å². The van der Waals surface area contributed by atoms with Crippen LogP contribution in [0.3, 0.4) is 0 Å². The van der Waals surface area contributed by atoms with Crippen LogP contribution in [0.5, 0.6) is 0 Å². The first kappa shape index (κ1) is 9.85. The molecule has 0 spiro atoms. The van der Waals surface area contributed by atoms with Gasteiger partial charge < -0.3 is 5.73 Å². The van der Waals surface area contributed by atoms with Gasteiger partial charge in [0, 0.05) is 23.4 Å². The fraction of sp³-hybridized carbons (Fsp3) is 0.308. The Morgan fingerprint density at radius 2 is 2.00 bits per heavy atom. The van der Waals surface area contributed by atoms with Crippen molar-refractivity contribution in [2.24, 2.45) is 0 Å². The van der Waals surface area contributed by atoms with Crippen molar-refractivity contribution in [2.45, 2.75) is 25.2 Å². The zero-order valence-electron chi connectivity index (χ0n) is 9.02. The fourth-order valence-electron chi connectivity index (χ4n) is 1.78. The van der Waals surface area contributed by atoms with E-state index in [4.69, 9.17) is 5.73 Å². The largest absolute Gasteiger partial charge is 0.399 e. The second-order valence-corrected chi connectivity index (χ2v) is 5.30. The summed E-state index contributed by atoms with van der Waals surface area (Å²) in [5, 5.41) is 3.43. The number of nitrogens with zero attached hydrogens (tertiary/aromatic N) is 1. The Labute approximate surface area is 99.1 Å². The molecule has 1 fully saturated rings. The number of hydrogen-bond acceptors (Lipinski definition) is 3. The number of hydrogen-bond donors (Lipinski definition) is 1. The minimum atomic E-state index is 0.761. The summed E-state index contributed by atoms with van der Waals surface area (Å²) < 4.78 is 0. The maximum atomic E-state index is 5.66. The van der Waals surface area contributed by atoms with Crippen molar-refractivity contribution in [2.75, 3.05) is 5.73 Å². The second-order valence-electron chi connectivity index (χ2n) is 4.36. The molecule has 16 heavy (non-hydrogen) atoms. The van der Waals surface area contributed by atoms with Gasteiger partial charge in [-0.25, -0.2) is 4.98 Å². The lowest BCUT2D eigenvalue weighted by Crippen LogP contribution is -1.90. The fourth-order valence-corrected chi connectivity index (χ4v) is 2.69. The van der Waals surface area contributed by atoms with E-state index in [1.165, 1.54) is 29.1 Å². The summed E-state index contributed by atoms with van der Waals surface area (Å²) in [5.74, 6) is 0.761. The maximum absolute atomic E-state index is 5.66. The Morgan fingerprint density at radius 1 is 1.25 bits per heavy atom. The van der Waals surface area contributed by atoms with Crippen LogP contribution in [0.15, 0.2) is 29.6 Å². The smallest absolute Gasteiger partial charge is 0.0972 e. The van der Waals surface area contributed by atoms with E-state index in [0.29, 0.717) is 0 Å². The molecule has 1 aromatic heterocycles. The maximum Gasteiger partial charge on any atom is 0.0972 e. The lowest BCUT2D eigenvalue weighted by atomic mass is 10.1. The number of anilines is 1. The number of benzene rings is 1. The molecule has 0 amide bonds. The summed E-state index contributed by atoms with van der Waals surface area (Å²) >= 11 is 1.77. The summed E-state index contributed by atoms with van der Waals surface area (Å²) in [7, 11) is 0. The highest BCUT2D eigenvalue weighted by Gasteiger charge is 2.25. The van der Waals surface area contributed by atoms with Gasteiger partial charge in [0.2, 0.25) is 0 Å². The van der Waals surface area contributed by atoms with Crippen molar-refractivity contribution >= 4 is 17.0 Å². The molecule has 0 saturated heterocycles. The first-order chi connectivity index (χ1) is 7.81. The third kappa shape index (κ3) is 2.09. The molecule has 0 bridgehead atoms. The zero-order chi connectivity index (χ0) is 11.0. The molecule has 1 heterocycles. The molecule has 3 rings (SSSR count). The van der Waals surface area contributed by atoms with Gasteiger partial charge in [0.25, 0.3) is 0 Å². The Bertz CT molecular complexity index is 483. The summed E-state index contributed by atoms with van der Waals surface area (Å²) in [5.41, 5.74) is 9.06. The summed E-state index contributed by atoms with van der Waals surface area (Å²) in [4.78, 5) is 4.68. The van der Waals surface area contributed by atoms with E-state index in [2.05, 4.69) is 22.5 Å². The molecule has 1 saturated carbocycles. The molecule has 1 aromatic carbocycles. The Balaban J connectivity index is 1.75. The highest BCUT2D eigenvalue weighted by Crippen LogP contribution is 2.40. The molecule has 0 atom stereocenters. The Kier molecular flexibility index (Phi) is 2.40. The monoisotopic (exact) mass is 230 g/mol. The van der Waals surface area contributed by atoms with Crippen LogP contribution in [0.25, 0.3) is 0 Å². The standard InChI is InChI=1S/C13H14N2S/c14-11-5-1-9(2-6-11)7-13-15-12(8-16-13)10-3-4-10/h1-2,5-6,8,10H,3-4,7,14H2. The van der Waals surface area contributed by atoms with Crippen molar-refractivity contribution in [3.8, 4) is 0 Å². The van der Waals surface area contributed by atoms with Crippen LogP contribution in [-0.4, -0.2) is 4.98 Å². The molecule has 0 aliphatic heterocycles. The molecule has 2 N–H and O–H groups in total. The van der Waals surface area contributed by atoms with Gasteiger partial charge in [-0.15, -0.1) is 11.3 Å². The molecule has 1 aliphatic carbocycles.